The molecule has 1 aliphatic rings. The summed E-state index contributed by atoms with van der Waals surface area (Å²) >= 11 is 0. The number of para-hydroxylation sites is 1. The van der Waals surface area contributed by atoms with Crippen molar-refractivity contribution >= 4 is 5.69 Å². The van der Waals surface area contributed by atoms with Crippen LogP contribution in [0.4, 0.5) is 5.69 Å². The third kappa shape index (κ3) is 2.84. The van der Waals surface area contributed by atoms with Gasteiger partial charge in [-0.25, -0.2) is 0 Å². The fourth-order valence-corrected chi connectivity index (χ4v) is 4.46. The first-order chi connectivity index (χ1) is 11.3. The monoisotopic (exact) mass is 322 g/mol. The normalized spacial score (nSPS) is 25.2. The van der Waals surface area contributed by atoms with Crippen LogP contribution < -0.4 is 4.90 Å². The summed E-state index contributed by atoms with van der Waals surface area (Å²) < 4.78 is 0. The Morgan fingerprint density at radius 1 is 0.875 bits per heavy atom. The molecule has 1 aliphatic heterocycles. The lowest BCUT2D eigenvalue weighted by molar-refractivity contribution is 0.138. The molecular formula is C22H30N2. The summed E-state index contributed by atoms with van der Waals surface area (Å²) in [4.78, 5) is 5.19. The molecule has 1 saturated heterocycles. The Labute approximate surface area is 147 Å². The summed E-state index contributed by atoms with van der Waals surface area (Å²) in [7, 11) is 2.28. The Hall–Kier alpha value is -1.80. The van der Waals surface area contributed by atoms with Crippen LogP contribution in [0.5, 0.6) is 0 Å². The first-order valence-electron chi connectivity index (χ1n) is 8.93. The van der Waals surface area contributed by atoms with Gasteiger partial charge in [-0.05, 0) is 43.5 Å². The highest BCUT2D eigenvalue weighted by molar-refractivity contribution is 5.56. The molecule has 2 heteroatoms. The molecule has 0 N–H and O–H groups in total. The molecule has 0 spiro atoms. The van der Waals surface area contributed by atoms with Crippen LogP contribution in [0.3, 0.4) is 0 Å². The van der Waals surface area contributed by atoms with E-state index in [9.17, 15) is 0 Å². The lowest BCUT2D eigenvalue weighted by atomic mass is 9.90. The van der Waals surface area contributed by atoms with Crippen molar-refractivity contribution in [1.29, 1.82) is 0 Å². The third-order valence-corrected chi connectivity index (χ3v) is 5.29. The molecule has 2 aromatic rings. The van der Waals surface area contributed by atoms with E-state index in [1.807, 2.05) is 0 Å². The molecule has 0 aliphatic carbocycles. The van der Waals surface area contributed by atoms with Gasteiger partial charge in [-0.15, -0.1) is 0 Å². The maximum atomic E-state index is 2.63. The number of nitrogens with zero attached hydrogens (tertiary/aromatic N) is 2. The van der Waals surface area contributed by atoms with Gasteiger partial charge in [0.05, 0.1) is 12.2 Å². The molecule has 0 bridgehead atoms. The lowest BCUT2D eigenvalue weighted by Gasteiger charge is -2.41. The fourth-order valence-electron chi connectivity index (χ4n) is 4.46. The van der Waals surface area contributed by atoms with E-state index in [0.29, 0.717) is 18.2 Å². The molecule has 0 radical (unpaired) electrons. The number of hydrogen-bond acceptors (Lipinski definition) is 2. The number of anilines is 1. The first kappa shape index (κ1) is 17.0. The van der Waals surface area contributed by atoms with Gasteiger partial charge < -0.3 is 4.90 Å². The van der Waals surface area contributed by atoms with Crippen LogP contribution in [0.2, 0.25) is 0 Å². The minimum Gasteiger partial charge on any atom is -0.350 e. The molecule has 2 unspecified atom stereocenters. The Bertz CT molecular complexity index is 687. The maximum Gasteiger partial charge on any atom is 0.0876 e. The highest BCUT2D eigenvalue weighted by Gasteiger charge is 2.48. The zero-order valence-corrected chi connectivity index (χ0v) is 15.8. The Kier molecular flexibility index (Phi) is 4.44. The second kappa shape index (κ2) is 6.25. The fraction of sp³-hybridized carbons (Fsp3) is 0.455. The van der Waals surface area contributed by atoms with Crippen molar-refractivity contribution in [2.24, 2.45) is 5.41 Å². The van der Waals surface area contributed by atoms with E-state index in [4.69, 9.17) is 0 Å². The molecular weight excluding hydrogens is 292 g/mol. The van der Waals surface area contributed by atoms with Crippen LogP contribution in [0.1, 0.15) is 44.9 Å². The highest BCUT2D eigenvalue weighted by Crippen LogP contribution is 2.45. The topological polar surface area (TPSA) is 6.48 Å². The standard InChI is InChI=1S/C22H30N2/c1-16-12-10-11-15-19(16)24-17(2)20(18-13-8-7-9-14-18)23(6)21(24)22(3,4)5/h7-15,17,20-21H,1-6H3/t17-,20?,21?/m0/s1. The quantitative estimate of drug-likeness (QED) is 0.745. The van der Waals surface area contributed by atoms with Gasteiger partial charge in [-0.3, -0.25) is 4.90 Å². The number of hydrogen-bond donors (Lipinski definition) is 0. The van der Waals surface area contributed by atoms with Crippen molar-refractivity contribution in [2.75, 3.05) is 11.9 Å². The molecule has 3 rings (SSSR count). The van der Waals surface area contributed by atoms with Crippen molar-refractivity contribution in [2.45, 2.75) is 52.9 Å². The minimum absolute atomic E-state index is 0.162. The molecule has 1 heterocycles. The van der Waals surface area contributed by atoms with Crippen molar-refractivity contribution in [3.63, 3.8) is 0 Å². The molecule has 3 atom stereocenters. The molecule has 0 saturated carbocycles. The van der Waals surface area contributed by atoms with E-state index in [1.54, 1.807) is 0 Å². The molecule has 0 aromatic heterocycles. The zero-order chi connectivity index (χ0) is 17.5. The van der Waals surface area contributed by atoms with Gasteiger partial charge in [0.2, 0.25) is 0 Å². The minimum atomic E-state index is 0.162. The second-order valence-electron chi connectivity index (χ2n) is 8.20. The highest BCUT2D eigenvalue weighted by atomic mass is 15.5. The van der Waals surface area contributed by atoms with Gasteiger partial charge in [0, 0.05) is 11.7 Å². The summed E-state index contributed by atoms with van der Waals surface area (Å²) in [5.74, 6) is 0. The van der Waals surface area contributed by atoms with Gasteiger partial charge in [0.25, 0.3) is 0 Å². The van der Waals surface area contributed by atoms with Crippen LogP contribution in [0.25, 0.3) is 0 Å². The van der Waals surface area contributed by atoms with Gasteiger partial charge in [-0.2, -0.15) is 0 Å². The Morgan fingerprint density at radius 2 is 1.46 bits per heavy atom. The number of benzene rings is 2. The Morgan fingerprint density at radius 3 is 2.04 bits per heavy atom. The van der Waals surface area contributed by atoms with Crippen LogP contribution in [0, 0.1) is 12.3 Å². The van der Waals surface area contributed by atoms with Gasteiger partial charge in [0.1, 0.15) is 0 Å². The van der Waals surface area contributed by atoms with Gasteiger partial charge in [-0.1, -0.05) is 69.3 Å². The van der Waals surface area contributed by atoms with Crippen LogP contribution in [-0.2, 0) is 0 Å². The summed E-state index contributed by atoms with van der Waals surface area (Å²) in [6, 6.07) is 20.5. The van der Waals surface area contributed by atoms with E-state index >= 15 is 0 Å². The Balaban J connectivity index is 2.11. The summed E-state index contributed by atoms with van der Waals surface area (Å²) in [5.41, 5.74) is 4.27. The largest absolute Gasteiger partial charge is 0.350 e. The van der Waals surface area contributed by atoms with Crippen molar-refractivity contribution in [3.05, 3.63) is 65.7 Å². The average Bonchev–Trinajstić information content (AvgIpc) is 2.79. The van der Waals surface area contributed by atoms with E-state index in [0.717, 1.165) is 0 Å². The molecule has 1 fully saturated rings. The van der Waals surface area contributed by atoms with Crippen LogP contribution in [0.15, 0.2) is 54.6 Å². The summed E-state index contributed by atoms with van der Waals surface area (Å²) in [5, 5.41) is 0. The zero-order valence-electron chi connectivity index (χ0n) is 15.8. The van der Waals surface area contributed by atoms with Gasteiger partial charge in [0.15, 0.2) is 0 Å². The van der Waals surface area contributed by atoms with E-state index in [-0.39, 0.29) is 5.41 Å². The SMILES string of the molecule is Cc1ccccc1N1C(C(C)(C)C)N(C)C(c2ccccc2)[C@@H]1C. The molecule has 2 aromatic carbocycles. The summed E-state index contributed by atoms with van der Waals surface area (Å²) in [6.45, 7) is 11.6. The predicted octanol–water partition coefficient (Wildman–Crippen LogP) is 5.25. The molecule has 0 amide bonds. The van der Waals surface area contributed by atoms with Crippen LogP contribution >= 0.6 is 0 Å². The maximum absolute atomic E-state index is 2.63. The second-order valence-corrected chi connectivity index (χ2v) is 8.20. The van der Waals surface area contributed by atoms with E-state index in [1.165, 1.54) is 16.8 Å². The van der Waals surface area contributed by atoms with E-state index in [2.05, 4.69) is 106 Å². The lowest BCUT2D eigenvalue weighted by Crippen LogP contribution is -2.48. The van der Waals surface area contributed by atoms with Crippen LogP contribution in [-0.4, -0.2) is 24.2 Å². The van der Waals surface area contributed by atoms with Crippen molar-refractivity contribution in [3.8, 4) is 0 Å². The number of rotatable bonds is 2. The van der Waals surface area contributed by atoms with Gasteiger partial charge >= 0.3 is 0 Å². The average molecular weight is 322 g/mol. The van der Waals surface area contributed by atoms with Crippen molar-refractivity contribution < 1.29 is 0 Å². The first-order valence-corrected chi connectivity index (χ1v) is 8.93. The number of likely N-dealkylation sites (N-methyl/N-ethyl adjacent to an activating group) is 1. The predicted molar refractivity (Wildman–Crippen MR) is 103 cm³/mol. The summed E-state index contributed by atoms with van der Waals surface area (Å²) in [6.07, 6.45) is 0.360. The third-order valence-electron chi connectivity index (χ3n) is 5.29. The molecule has 128 valence electrons. The molecule has 2 nitrogen and oxygen atoms in total. The van der Waals surface area contributed by atoms with Crippen molar-refractivity contribution in [1.82, 2.24) is 4.90 Å². The van der Waals surface area contributed by atoms with E-state index < -0.39 is 0 Å². The smallest absolute Gasteiger partial charge is 0.0876 e. The number of aryl methyl sites for hydroxylation is 1. The molecule has 24 heavy (non-hydrogen) atoms.